The highest BCUT2D eigenvalue weighted by molar-refractivity contribution is 5.93. The average molecular weight is 300 g/mol. The molecule has 1 saturated heterocycles. The highest BCUT2D eigenvalue weighted by atomic mass is 16.2. The van der Waals surface area contributed by atoms with E-state index in [4.69, 9.17) is 0 Å². The summed E-state index contributed by atoms with van der Waals surface area (Å²) >= 11 is 0. The van der Waals surface area contributed by atoms with Crippen LogP contribution in [0.3, 0.4) is 0 Å². The predicted molar refractivity (Wildman–Crippen MR) is 79.3 cm³/mol. The van der Waals surface area contributed by atoms with E-state index in [1.807, 2.05) is 20.5 Å². The zero-order valence-corrected chi connectivity index (χ0v) is 12.5. The molecule has 3 heterocycles. The number of hydrogen-bond donors (Lipinski definition) is 0. The molecule has 0 aromatic carbocycles. The van der Waals surface area contributed by atoms with Crippen molar-refractivity contribution in [2.45, 2.75) is 44.2 Å². The molecule has 1 amide bonds. The van der Waals surface area contributed by atoms with Gasteiger partial charge in [-0.25, -0.2) is 9.67 Å². The summed E-state index contributed by atoms with van der Waals surface area (Å²) in [4.78, 5) is 18.6. The SMILES string of the molecule is O=C(c1cnn(C2CCC2)c1)N1CCCC(n2cncn2)C1. The molecule has 2 aromatic rings. The number of hydrogen-bond acceptors (Lipinski definition) is 4. The average Bonchev–Trinajstić information content (AvgIpc) is 3.16. The third kappa shape index (κ3) is 2.40. The fourth-order valence-electron chi connectivity index (χ4n) is 3.24. The van der Waals surface area contributed by atoms with E-state index in [9.17, 15) is 4.79 Å². The van der Waals surface area contributed by atoms with Crippen molar-refractivity contribution in [1.29, 1.82) is 0 Å². The summed E-state index contributed by atoms with van der Waals surface area (Å²) in [6.45, 7) is 1.50. The van der Waals surface area contributed by atoms with E-state index in [0.717, 1.165) is 19.4 Å². The number of aromatic nitrogens is 5. The van der Waals surface area contributed by atoms with Crippen LogP contribution in [0.2, 0.25) is 0 Å². The van der Waals surface area contributed by atoms with Gasteiger partial charge >= 0.3 is 0 Å². The van der Waals surface area contributed by atoms with Gasteiger partial charge in [0.15, 0.2) is 0 Å². The van der Waals surface area contributed by atoms with Crippen molar-refractivity contribution >= 4 is 5.91 Å². The Morgan fingerprint density at radius 3 is 2.68 bits per heavy atom. The lowest BCUT2D eigenvalue weighted by Gasteiger charge is -2.32. The molecule has 0 radical (unpaired) electrons. The molecule has 7 nitrogen and oxygen atoms in total. The van der Waals surface area contributed by atoms with E-state index in [-0.39, 0.29) is 11.9 Å². The minimum absolute atomic E-state index is 0.0791. The van der Waals surface area contributed by atoms with Crippen molar-refractivity contribution in [3.8, 4) is 0 Å². The summed E-state index contributed by atoms with van der Waals surface area (Å²) in [7, 11) is 0. The first-order chi connectivity index (χ1) is 10.8. The van der Waals surface area contributed by atoms with Gasteiger partial charge in [-0.05, 0) is 32.1 Å². The van der Waals surface area contributed by atoms with E-state index in [2.05, 4.69) is 15.2 Å². The number of carbonyl (C=O) groups is 1. The second-order valence-corrected chi connectivity index (χ2v) is 6.22. The van der Waals surface area contributed by atoms with Gasteiger partial charge in [0.1, 0.15) is 12.7 Å². The minimum Gasteiger partial charge on any atom is -0.336 e. The summed E-state index contributed by atoms with van der Waals surface area (Å²) < 4.78 is 3.81. The number of rotatable bonds is 3. The van der Waals surface area contributed by atoms with Gasteiger partial charge in [-0.15, -0.1) is 0 Å². The van der Waals surface area contributed by atoms with Crippen LogP contribution in [0.4, 0.5) is 0 Å². The van der Waals surface area contributed by atoms with Gasteiger partial charge in [-0.1, -0.05) is 0 Å². The van der Waals surface area contributed by atoms with E-state index in [0.29, 0.717) is 18.2 Å². The third-order valence-corrected chi connectivity index (χ3v) is 4.79. The predicted octanol–water partition coefficient (Wildman–Crippen LogP) is 1.68. The van der Waals surface area contributed by atoms with E-state index >= 15 is 0 Å². The van der Waals surface area contributed by atoms with E-state index in [1.165, 1.54) is 19.3 Å². The number of likely N-dealkylation sites (tertiary alicyclic amines) is 1. The van der Waals surface area contributed by atoms with Crippen molar-refractivity contribution in [1.82, 2.24) is 29.4 Å². The molecule has 2 aromatic heterocycles. The molecule has 0 N–H and O–H groups in total. The molecule has 0 bridgehead atoms. The first-order valence-electron chi connectivity index (χ1n) is 7.99. The van der Waals surface area contributed by atoms with Crippen LogP contribution >= 0.6 is 0 Å². The lowest BCUT2D eigenvalue weighted by Crippen LogP contribution is -2.40. The van der Waals surface area contributed by atoms with Gasteiger partial charge < -0.3 is 4.90 Å². The van der Waals surface area contributed by atoms with Gasteiger partial charge in [0.2, 0.25) is 0 Å². The van der Waals surface area contributed by atoms with E-state index in [1.54, 1.807) is 18.9 Å². The van der Waals surface area contributed by atoms with Crippen molar-refractivity contribution in [2.24, 2.45) is 0 Å². The summed E-state index contributed by atoms with van der Waals surface area (Å²) in [6.07, 6.45) is 12.5. The summed E-state index contributed by atoms with van der Waals surface area (Å²) in [5, 5.41) is 8.57. The Morgan fingerprint density at radius 2 is 1.95 bits per heavy atom. The van der Waals surface area contributed by atoms with Crippen LogP contribution in [0.15, 0.2) is 25.0 Å². The lowest BCUT2D eigenvalue weighted by molar-refractivity contribution is 0.0672. The Labute approximate surface area is 128 Å². The molecule has 2 fully saturated rings. The van der Waals surface area contributed by atoms with Gasteiger partial charge in [0.25, 0.3) is 5.91 Å². The van der Waals surface area contributed by atoms with Crippen molar-refractivity contribution in [3.63, 3.8) is 0 Å². The Bertz CT molecular complexity index is 645. The van der Waals surface area contributed by atoms with Crippen LogP contribution in [-0.2, 0) is 0 Å². The minimum atomic E-state index is 0.0791. The van der Waals surface area contributed by atoms with Crippen LogP contribution in [0.5, 0.6) is 0 Å². The topological polar surface area (TPSA) is 68.8 Å². The molecule has 116 valence electrons. The molecular weight excluding hydrogens is 280 g/mol. The molecule has 1 saturated carbocycles. The zero-order valence-electron chi connectivity index (χ0n) is 12.5. The fraction of sp³-hybridized carbons (Fsp3) is 0.600. The highest BCUT2D eigenvalue weighted by Gasteiger charge is 2.27. The molecule has 1 unspecified atom stereocenters. The maximum Gasteiger partial charge on any atom is 0.257 e. The van der Waals surface area contributed by atoms with Gasteiger partial charge in [-0.3, -0.25) is 9.48 Å². The number of carbonyl (C=O) groups excluding carboxylic acids is 1. The molecule has 1 aliphatic carbocycles. The molecule has 0 spiro atoms. The summed E-state index contributed by atoms with van der Waals surface area (Å²) in [6, 6.07) is 0.715. The van der Waals surface area contributed by atoms with Crippen LogP contribution in [0, 0.1) is 0 Å². The summed E-state index contributed by atoms with van der Waals surface area (Å²) in [5.74, 6) is 0.0791. The standard InChI is InChI=1S/C15H20N6O/c22-15(12-7-17-20(8-12)13-3-1-4-13)19-6-2-5-14(9-19)21-11-16-10-18-21/h7-8,10-11,13-14H,1-6,9H2. The smallest absolute Gasteiger partial charge is 0.257 e. The Balaban J connectivity index is 1.46. The molecule has 1 aliphatic heterocycles. The Morgan fingerprint density at radius 1 is 1.09 bits per heavy atom. The second kappa shape index (κ2) is 5.55. The second-order valence-electron chi connectivity index (χ2n) is 6.22. The van der Waals surface area contributed by atoms with Crippen LogP contribution in [0.25, 0.3) is 0 Å². The lowest BCUT2D eigenvalue weighted by atomic mass is 9.93. The van der Waals surface area contributed by atoms with Gasteiger partial charge in [0.05, 0.1) is 23.8 Å². The quantitative estimate of drug-likeness (QED) is 0.865. The van der Waals surface area contributed by atoms with Crippen LogP contribution in [0.1, 0.15) is 54.5 Å². The summed E-state index contributed by atoms with van der Waals surface area (Å²) in [5.41, 5.74) is 0.700. The molecule has 4 rings (SSSR count). The molecule has 7 heteroatoms. The van der Waals surface area contributed by atoms with Gasteiger partial charge in [-0.2, -0.15) is 10.2 Å². The number of amides is 1. The van der Waals surface area contributed by atoms with Crippen LogP contribution in [-0.4, -0.2) is 48.4 Å². The maximum atomic E-state index is 12.7. The first-order valence-corrected chi connectivity index (χ1v) is 7.99. The van der Waals surface area contributed by atoms with E-state index < -0.39 is 0 Å². The van der Waals surface area contributed by atoms with Crippen molar-refractivity contribution in [2.75, 3.05) is 13.1 Å². The van der Waals surface area contributed by atoms with Crippen molar-refractivity contribution < 1.29 is 4.79 Å². The fourth-order valence-corrected chi connectivity index (χ4v) is 3.24. The largest absolute Gasteiger partial charge is 0.336 e. The monoisotopic (exact) mass is 300 g/mol. The maximum absolute atomic E-state index is 12.7. The molecule has 1 atom stereocenters. The van der Waals surface area contributed by atoms with Gasteiger partial charge in [0, 0.05) is 19.3 Å². The Kier molecular flexibility index (Phi) is 3.40. The zero-order chi connectivity index (χ0) is 14.9. The third-order valence-electron chi connectivity index (χ3n) is 4.79. The molecule has 2 aliphatic rings. The van der Waals surface area contributed by atoms with Crippen LogP contribution < -0.4 is 0 Å². The normalized spacial score (nSPS) is 22.5. The molecular formula is C15H20N6O. The molecule has 22 heavy (non-hydrogen) atoms. The Hall–Kier alpha value is -2.18. The first kappa shape index (κ1) is 13.5. The number of piperidine rings is 1. The number of nitrogens with zero attached hydrogens (tertiary/aromatic N) is 6. The highest BCUT2D eigenvalue weighted by Crippen LogP contribution is 2.31. The van der Waals surface area contributed by atoms with Crippen molar-refractivity contribution in [3.05, 3.63) is 30.6 Å².